The Bertz CT molecular complexity index is 684. The molecule has 1 aromatic rings. The second kappa shape index (κ2) is 6.24. The average Bonchev–Trinajstić information content (AvgIpc) is 2.83. The number of hydrogen-bond donors (Lipinski definition) is 0. The fraction of sp³-hybridized carbons (Fsp3) is 0.588. The van der Waals surface area contributed by atoms with E-state index in [1.54, 1.807) is 4.90 Å². The van der Waals surface area contributed by atoms with Gasteiger partial charge in [0, 0.05) is 32.6 Å². The number of aryl methyl sites for hydroxylation is 1. The van der Waals surface area contributed by atoms with Gasteiger partial charge in [-0.25, -0.2) is 8.42 Å². The van der Waals surface area contributed by atoms with Crippen LogP contribution in [0.5, 0.6) is 0 Å². The predicted molar refractivity (Wildman–Crippen MR) is 89.8 cm³/mol. The SMILES string of the molecule is CCc1ccc(CN2CCN(C(C)=O)[C@H]3CS(=O)(=O)C[C@H]32)cc1. The summed E-state index contributed by atoms with van der Waals surface area (Å²) in [5, 5.41) is 0. The van der Waals surface area contributed by atoms with Crippen LogP contribution >= 0.6 is 0 Å². The Morgan fingerprint density at radius 1 is 1.09 bits per heavy atom. The second-order valence-electron chi connectivity index (χ2n) is 6.56. The number of amides is 1. The number of hydrogen-bond acceptors (Lipinski definition) is 4. The van der Waals surface area contributed by atoms with Crippen molar-refractivity contribution in [1.29, 1.82) is 0 Å². The molecule has 2 fully saturated rings. The van der Waals surface area contributed by atoms with Crippen LogP contribution < -0.4 is 0 Å². The van der Waals surface area contributed by atoms with Gasteiger partial charge >= 0.3 is 0 Å². The van der Waals surface area contributed by atoms with Crippen molar-refractivity contribution >= 4 is 15.7 Å². The summed E-state index contributed by atoms with van der Waals surface area (Å²) in [7, 11) is -3.07. The van der Waals surface area contributed by atoms with Gasteiger partial charge < -0.3 is 4.90 Å². The summed E-state index contributed by atoms with van der Waals surface area (Å²) in [5.41, 5.74) is 2.50. The third-order valence-corrected chi connectivity index (χ3v) is 6.71. The van der Waals surface area contributed by atoms with E-state index < -0.39 is 9.84 Å². The lowest BCUT2D eigenvalue weighted by atomic mass is 10.0. The van der Waals surface area contributed by atoms with Crippen LogP contribution in [0.15, 0.2) is 24.3 Å². The molecule has 2 atom stereocenters. The molecule has 126 valence electrons. The fourth-order valence-electron chi connectivity index (χ4n) is 3.73. The second-order valence-corrected chi connectivity index (χ2v) is 8.72. The summed E-state index contributed by atoms with van der Waals surface area (Å²) < 4.78 is 24.2. The van der Waals surface area contributed by atoms with E-state index in [1.165, 1.54) is 18.1 Å². The third kappa shape index (κ3) is 3.43. The van der Waals surface area contributed by atoms with E-state index in [1.807, 2.05) is 0 Å². The Morgan fingerprint density at radius 2 is 1.70 bits per heavy atom. The van der Waals surface area contributed by atoms with Crippen molar-refractivity contribution < 1.29 is 13.2 Å². The molecule has 3 rings (SSSR count). The van der Waals surface area contributed by atoms with Crippen LogP contribution in [0.1, 0.15) is 25.0 Å². The normalized spacial score (nSPS) is 27.0. The van der Waals surface area contributed by atoms with Crippen molar-refractivity contribution in [2.24, 2.45) is 0 Å². The fourth-order valence-corrected chi connectivity index (χ4v) is 5.74. The first-order valence-corrected chi connectivity index (χ1v) is 10.0. The third-order valence-electron chi connectivity index (χ3n) is 5.01. The zero-order valence-electron chi connectivity index (χ0n) is 13.7. The molecule has 2 aliphatic rings. The van der Waals surface area contributed by atoms with Crippen LogP contribution in [0.3, 0.4) is 0 Å². The highest BCUT2D eigenvalue weighted by atomic mass is 32.2. The first-order valence-electron chi connectivity index (χ1n) is 8.19. The van der Waals surface area contributed by atoms with Gasteiger partial charge in [0.1, 0.15) is 0 Å². The molecular weight excluding hydrogens is 312 g/mol. The molecule has 1 aromatic carbocycles. The molecule has 0 spiro atoms. The molecule has 23 heavy (non-hydrogen) atoms. The van der Waals surface area contributed by atoms with Crippen LogP contribution in [0.4, 0.5) is 0 Å². The number of benzene rings is 1. The molecule has 0 aromatic heterocycles. The van der Waals surface area contributed by atoms with E-state index in [4.69, 9.17) is 0 Å². The molecule has 2 heterocycles. The van der Waals surface area contributed by atoms with Crippen molar-refractivity contribution in [3.8, 4) is 0 Å². The Labute approximate surface area is 138 Å². The van der Waals surface area contributed by atoms with Gasteiger partial charge in [0.05, 0.1) is 17.5 Å². The van der Waals surface area contributed by atoms with E-state index in [0.29, 0.717) is 6.54 Å². The maximum absolute atomic E-state index is 12.1. The van der Waals surface area contributed by atoms with Crippen molar-refractivity contribution in [3.05, 3.63) is 35.4 Å². The van der Waals surface area contributed by atoms with Gasteiger partial charge in [-0.2, -0.15) is 0 Å². The summed E-state index contributed by atoms with van der Waals surface area (Å²) in [6.07, 6.45) is 1.01. The van der Waals surface area contributed by atoms with Gasteiger partial charge in [-0.1, -0.05) is 31.2 Å². The lowest BCUT2D eigenvalue weighted by molar-refractivity contribution is -0.134. The smallest absolute Gasteiger partial charge is 0.219 e. The Balaban J connectivity index is 1.79. The highest BCUT2D eigenvalue weighted by Gasteiger charge is 2.47. The van der Waals surface area contributed by atoms with Gasteiger partial charge in [-0.05, 0) is 17.5 Å². The molecule has 0 saturated carbocycles. The molecule has 0 unspecified atom stereocenters. The number of piperazine rings is 1. The lowest BCUT2D eigenvalue weighted by Gasteiger charge is -2.43. The summed E-state index contributed by atoms with van der Waals surface area (Å²) in [4.78, 5) is 15.8. The summed E-state index contributed by atoms with van der Waals surface area (Å²) in [5.74, 6) is 0.237. The lowest BCUT2D eigenvalue weighted by Crippen LogP contribution is -2.59. The first kappa shape index (κ1) is 16.5. The van der Waals surface area contributed by atoms with E-state index in [0.717, 1.165) is 19.5 Å². The predicted octanol–water partition coefficient (Wildman–Crippen LogP) is 1.08. The van der Waals surface area contributed by atoms with Gasteiger partial charge in [-0.15, -0.1) is 0 Å². The Kier molecular flexibility index (Phi) is 4.47. The van der Waals surface area contributed by atoms with Crippen molar-refractivity contribution in [1.82, 2.24) is 9.80 Å². The van der Waals surface area contributed by atoms with Crippen LogP contribution in [0, 0.1) is 0 Å². The number of sulfone groups is 1. The van der Waals surface area contributed by atoms with Crippen LogP contribution in [-0.2, 0) is 27.6 Å². The molecular formula is C17H24N2O3S. The molecule has 0 bridgehead atoms. The van der Waals surface area contributed by atoms with Crippen LogP contribution in [0.2, 0.25) is 0 Å². The summed E-state index contributed by atoms with van der Waals surface area (Å²) in [6, 6.07) is 8.22. The maximum Gasteiger partial charge on any atom is 0.219 e. The molecule has 6 heteroatoms. The van der Waals surface area contributed by atoms with Crippen molar-refractivity contribution in [2.45, 2.75) is 38.9 Å². The van der Waals surface area contributed by atoms with E-state index in [-0.39, 0.29) is 29.5 Å². The number of carbonyl (C=O) groups is 1. The minimum atomic E-state index is -3.07. The highest BCUT2D eigenvalue weighted by molar-refractivity contribution is 7.91. The monoisotopic (exact) mass is 336 g/mol. The highest BCUT2D eigenvalue weighted by Crippen LogP contribution is 2.28. The Morgan fingerprint density at radius 3 is 2.30 bits per heavy atom. The van der Waals surface area contributed by atoms with Gasteiger partial charge in [0.25, 0.3) is 0 Å². The van der Waals surface area contributed by atoms with E-state index in [9.17, 15) is 13.2 Å². The maximum atomic E-state index is 12.1. The number of carbonyl (C=O) groups excluding carboxylic acids is 1. The van der Waals surface area contributed by atoms with E-state index in [2.05, 4.69) is 36.1 Å². The van der Waals surface area contributed by atoms with Crippen LogP contribution in [0.25, 0.3) is 0 Å². The molecule has 2 saturated heterocycles. The zero-order chi connectivity index (χ0) is 16.6. The topological polar surface area (TPSA) is 57.7 Å². The number of fused-ring (bicyclic) bond motifs is 1. The quantitative estimate of drug-likeness (QED) is 0.829. The van der Waals surface area contributed by atoms with Crippen molar-refractivity contribution in [3.63, 3.8) is 0 Å². The van der Waals surface area contributed by atoms with E-state index >= 15 is 0 Å². The van der Waals surface area contributed by atoms with Crippen molar-refractivity contribution in [2.75, 3.05) is 24.6 Å². The van der Waals surface area contributed by atoms with Gasteiger partial charge in [0.2, 0.25) is 5.91 Å². The largest absolute Gasteiger partial charge is 0.336 e. The molecule has 0 aliphatic carbocycles. The molecule has 1 amide bonds. The van der Waals surface area contributed by atoms with Gasteiger partial charge in [0.15, 0.2) is 9.84 Å². The summed E-state index contributed by atoms with van der Waals surface area (Å²) in [6.45, 7) is 5.74. The minimum absolute atomic E-state index is 0.0240. The number of rotatable bonds is 3. The van der Waals surface area contributed by atoms with Gasteiger partial charge in [-0.3, -0.25) is 9.69 Å². The first-order chi connectivity index (χ1) is 10.9. The summed E-state index contributed by atoms with van der Waals surface area (Å²) >= 11 is 0. The average molecular weight is 336 g/mol. The molecule has 2 aliphatic heterocycles. The van der Waals surface area contributed by atoms with Crippen LogP contribution in [-0.4, -0.2) is 60.8 Å². The standard InChI is InChI=1S/C17H24N2O3S/c1-3-14-4-6-15(7-5-14)10-18-8-9-19(13(2)20)17-12-23(21,22)11-16(17)18/h4-7,16-17H,3,8-12H2,1-2H3/t16-,17+/m1/s1. The molecule has 0 N–H and O–H groups in total. The molecule has 0 radical (unpaired) electrons. The zero-order valence-corrected chi connectivity index (χ0v) is 14.6. The number of nitrogens with zero attached hydrogens (tertiary/aromatic N) is 2. The molecule has 5 nitrogen and oxygen atoms in total. The Hall–Kier alpha value is -1.40. The minimum Gasteiger partial charge on any atom is -0.336 e.